The van der Waals surface area contributed by atoms with Crippen LogP contribution in [0.4, 0.5) is 10.5 Å². The lowest BCUT2D eigenvalue weighted by Gasteiger charge is -2.20. The Morgan fingerprint density at radius 2 is 1.81 bits per heavy atom. The average Bonchev–Trinajstić information content (AvgIpc) is 2.67. The molecule has 2 aromatic rings. The van der Waals surface area contributed by atoms with Gasteiger partial charge in [-0.05, 0) is 41.8 Å². The number of nitrogens with one attached hydrogen (secondary N) is 2. The highest BCUT2D eigenvalue weighted by atomic mass is 35.5. The molecule has 6 nitrogen and oxygen atoms in total. The number of anilines is 1. The van der Waals surface area contributed by atoms with E-state index in [0.29, 0.717) is 49.2 Å². The first-order valence-electron chi connectivity index (χ1n) is 8.89. The molecule has 2 aromatic carbocycles. The van der Waals surface area contributed by atoms with Crippen molar-refractivity contribution in [2.75, 3.05) is 38.8 Å². The molecule has 0 unspecified atom stereocenters. The van der Waals surface area contributed by atoms with Gasteiger partial charge in [0.25, 0.3) is 0 Å². The van der Waals surface area contributed by atoms with Crippen molar-refractivity contribution in [3.8, 4) is 11.5 Å². The summed E-state index contributed by atoms with van der Waals surface area (Å²) in [5.74, 6) is 1.26. The minimum absolute atomic E-state index is 0.199. The standard InChI is InChI=1S/C20H24ClN3O3/c1-24(2)16-5-3-14(4-6-16)13-23-20(25)22-8-7-15-11-17(21)19-18(12-15)26-9-10-27-19/h3-6,11-12H,7-10,13H2,1-2H3,(H2,22,23,25). The molecule has 27 heavy (non-hydrogen) atoms. The van der Waals surface area contributed by atoms with Crippen molar-refractivity contribution in [3.05, 3.63) is 52.5 Å². The molecule has 0 atom stereocenters. The lowest BCUT2D eigenvalue weighted by molar-refractivity contribution is 0.171. The van der Waals surface area contributed by atoms with Gasteiger partial charge in [-0.2, -0.15) is 0 Å². The molecule has 2 amide bonds. The normalized spacial score (nSPS) is 12.4. The lowest BCUT2D eigenvalue weighted by atomic mass is 10.1. The third-order valence-electron chi connectivity index (χ3n) is 4.26. The maximum absolute atomic E-state index is 12.0. The largest absolute Gasteiger partial charge is 0.486 e. The zero-order chi connectivity index (χ0) is 19.2. The summed E-state index contributed by atoms with van der Waals surface area (Å²) in [6.45, 7) is 2.01. The van der Waals surface area contributed by atoms with Crippen LogP contribution in [0.2, 0.25) is 5.02 Å². The Hall–Kier alpha value is -2.60. The Labute approximate surface area is 164 Å². The molecule has 1 aliphatic rings. The lowest BCUT2D eigenvalue weighted by Crippen LogP contribution is -2.36. The number of halogens is 1. The van der Waals surface area contributed by atoms with E-state index in [0.717, 1.165) is 16.8 Å². The first-order valence-corrected chi connectivity index (χ1v) is 9.26. The topological polar surface area (TPSA) is 62.8 Å². The number of nitrogens with zero attached hydrogens (tertiary/aromatic N) is 1. The predicted octanol–water partition coefficient (Wildman–Crippen LogP) is 3.22. The van der Waals surface area contributed by atoms with Crippen LogP contribution in [0.1, 0.15) is 11.1 Å². The zero-order valence-corrected chi connectivity index (χ0v) is 16.3. The highest BCUT2D eigenvalue weighted by Crippen LogP contribution is 2.38. The predicted molar refractivity (Wildman–Crippen MR) is 107 cm³/mol. The third kappa shape index (κ3) is 5.20. The van der Waals surface area contributed by atoms with Gasteiger partial charge in [-0.15, -0.1) is 0 Å². The van der Waals surface area contributed by atoms with Gasteiger partial charge in [0.2, 0.25) is 0 Å². The van der Waals surface area contributed by atoms with E-state index < -0.39 is 0 Å². The van der Waals surface area contributed by atoms with Crippen LogP contribution in [0, 0.1) is 0 Å². The molecular weight excluding hydrogens is 366 g/mol. The fraction of sp³-hybridized carbons (Fsp3) is 0.350. The van der Waals surface area contributed by atoms with E-state index in [1.165, 1.54) is 0 Å². The molecule has 0 fully saturated rings. The van der Waals surface area contributed by atoms with Crippen LogP contribution in [-0.4, -0.2) is 39.9 Å². The van der Waals surface area contributed by atoms with Crippen LogP contribution >= 0.6 is 11.6 Å². The van der Waals surface area contributed by atoms with Crippen LogP contribution < -0.4 is 25.0 Å². The molecular formula is C20H24ClN3O3. The highest BCUT2D eigenvalue weighted by Gasteiger charge is 2.16. The average molecular weight is 390 g/mol. The molecule has 1 heterocycles. The molecule has 0 saturated carbocycles. The Kier molecular flexibility index (Phi) is 6.29. The quantitative estimate of drug-likeness (QED) is 0.796. The van der Waals surface area contributed by atoms with Crippen molar-refractivity contribution in [1.82, 2.24) is 10.6 Å². The van der Waals surface area contributed by atoms with E-state index >= 15 is 0 Å². The van der Waals surface area contributed by atoms with Gasteiger partial charge in [-0.3, -0.25) is 0 Å². The Morgan fingerprint density at radius 3 is 2.56 bits per heavy atom. The van der Waals surface area contributed by atoms with Gasteiger partial charge in [0, 0.05) is 32.9 Å². The molecule has 7 heteroatoms. The van der Waals surface area contributed by atoms with E-state index in [-0.39, 0.29) is 6.03 Å². The van der Waals surface area contributed by atoms with Crippen LogP contribution in [0.5, 0.6) is 11.5 Å². The number of carbonyl (C=O) groups is 1. The summed E-state index contributed by atoms with van der Waals surface area (Å²) in [4.78, 5) is 14.0. The molecule has 0 saturated heterocycles. The van der Waals surface area contributed by atoms with Crippen molar-refractivity contribution in [2.24, 2.45) is 0 Å². The number of ether oxygens (including phenoxy) is 2. The molecule has 144 valence electrons. The number of fused-ring (bicyclic) bond motifs is 1. The molecule has 0 spiro atoms. The van der Waals surface area contributed by atoms with Gasteiger partial charge in [0.15, 0.2) is 11.5 Å². The SMILES string of the molecule is CN(C)c1ccc(CNC(=O)NCCc2cc(Cl)c3c(c2)OCCO3)cc1. The van der Waals surface area contributed by atoms with E-state index in [1.807, 2.05) is 55.4 Å². The maximum Gasteiger partial charge on any atom is 0.315 e. The molecule has 0 aromatic heterocycles. The fourth-order valence-electron chi connectivity index (χ4n) is 2.79. The minimum Gasteiger partial charge on any atom is -0.486 e. The third-order valence-corrected chi connectivity index (χ3v) is 4.54. The number of amides is 2. The van der Waals surface area contributed by atoms with Crippen molar-refractivity contribution < 1.29 is 14.3 Å². The zero-order valence-electron chi connectivity index (χ0n) is 15.5. The number of hydrogen-bond acceptors (Lipinski definition) is 4. The Morgan fingerprint density at radius 1 is 1.07 bits per heavy atom. The first-order chi connectivity index (χ1) is 13.0. The number of carbonyl (C=O) groups excluding carboxylic acids is 1. The summed E-state index contributed by atoms with van der Waals surface area (Å²) in [5.41, 5.74) is 3.17. The number of rotatable bonds is 6. The molecule has 2 N–H and O–H groups in total. The van der Waals surface area contributed by atoms with E-state index in [1.54, 1.807) is 0 Å². The second kappa shape index (κ2) is 8.86. The maximum atomic E-state index is 12.0. The van der Waals surface area contributed by atoms with Gasteiger partial charge in [0.05, 0.1) is 5.02 Å². The summed E-state index contributed by atoms with van der Waals surface area (Å²) in [5, 5.41) is 6.25. The molecule has 0 bridgehead atoms. The van der Waals surface area contributed by atoms with Crippen LogP contribution in [0.25, 0.3) is 0 Å². The second-order valence-corrected chi connectivity index (χ2v) is 6.93. The van der Waals surface area contributed by atoms with Crippen molar-refractivity contribution in [2.45, 2.75) is 13.0 Å². The molecule has 1 aliphatic heterocycles. The number of benzene rings is 2. The van der Waals surface area contributed by atoms with Gasteiger partial charge in [-0.25, -0.2) is 4.79 Å². The Bertz CT molecular complexity index is 794. The smallest absolute Gasteiger partial charge is 0.315 e. The summed E-state index contributed by atoms with van der Waals surface area (Å²) in [6.07, 6.45) is 0.654. The van der Waals surface area contributed by atoms with Crippen molar-refractivity contribution in [3.63, 3.8) is 0 Å². The van der Waals surface area contributed by atoms with Crippen LogP contribution in [-0.2, 0) is 13.0 Å². The molecule has 0 aliphatic carbocycles. The highest BCUT2D eigenvalue weighted by molar-refractivity contribution is 6.32. The summed E-state index contributed by atoms with van der Waals surface area (Å²) < 4.78 is 11.1. The second-order valence-electron chi connectivity index (χ2n) is 6.52. The minimum atomic E-state index is -0.199. The van der Waals surface area contributed by atoms with Crippen LogP contribution in [0.15, 0.2) is 36.4 Å². The van der Waals surface area contributed by atoms with Crippen molar-refractivity contribution >= 4 is 23.3 Å². The first kappa shape index (κ1) is 19.2. The van der Waals surface area contributed by atoms with Gasteiger partial charge >= 0.3 is 6.03 Å². The number of hydrogen-bond donors (Lipinski definition) is 2. The van der Waals surface area contributed by atoms with Gasteiger partial charge in [0.1, 0.15) is 13.2 Å². The monoisotopic (exact) mass is 389 g/mol. The van der Waals surface area contributed by atoms with Crippen LogP contribution in [0.3, 0.4) is 0 Å². The summed E-state index contributed by atoms with van der Waals surface area (Å²) >= 11 is 6.23. The van der Waals surface area contributed by atoms with Gasteiger partial charge < -0.3 is 25.0 Å². The summed E-state index contributed by atoms with van der Waals surface area (Å²) in [7, 11) is 3.99. The van der Waals surface area contributed by atoms with Crippen molar-refractivity contribution in [1.29, 1.82) is 0 Å². The van der Waals surface area contributed by atoms with E-state index in [4.69, 9.17) is 21.1 Å². The van der Waals surface area contributed by atoms with E-state index in [2.05, 4.69) is 10.6 Å². The Balaban J connectivity index is 1.44. The fourth-order valence-corrected chi connectivity index (χ4v) is 3.07. The molecule has 0 radical (unpaired) electrons. The van der Waals surface area contributed by atoms with E-state index in [9.17, 15) is 4.79 Å². The summed E-state index contributed by atoms with van der Waals surface area (Å²) in [6, 6.07) is 11.6. The number of urea groups is 1. The molecule has 3 rings (SSSR count). The van der Waals surface area contributed by atoms with Gasteiger partial charge in [-0.1, -0.05) is 23.7 Å².